The zero-order valence-corrected chi connectivity index (χ0v) is 26.8. The fraction of sp³-hybridized carbons (Fsp3) is 0.514. The van der Waals surface area contributed by atoms with Crippen molar-refractivity contribution in [2.45, 2.75) is 76.6 Å². The summed E-state index contributed by atoms with van der Waals surface area (Å²) in [5, 5.41) is 22.3. The molecular weight excluding hydrogens is 590 g/mol. The number of dihydropyridines is 1. The lowest BCUT2D eigenvalue weighted by Gasteiger charge is -2.34. The Labute approximate surface area is 269 Å². The Morgan fingerprint density at radius 2 is 1.98 bits per heavy atom. The summed E-state index contributed by atoms with van der Waals surface area (Å²) in [4.78, 5) is 58.2. The van der Waals surface area contributed by atoms with E-state index in [-0.39, 0.29) is 31.3 Å². The number of aliphatic imine (C=N–C) groups is 1. The van der Waals surface area contributed by atoms with Crippen LogP contribution in [-0.2, 0) is 28.7 Å². The number of methoxy groups -OCH3 is 1. The summed E-state index contributed by atoms with van der Waals surface area (Å²) in [6.45, 7) is 9.08. The van der Waals surface area contributed by atoms with Crippen molar-refractivity contribution in [1.29, 1.82) is 0 Å². The number of carboxylic acids is 2. The predicted molar refractivity (Wildman–Crippen MR) is 170 cm³/mol. The number of nitrogens with zero attached hydrogens (tertiary/aromatic N) is 2. The van der Waals surface area contributed by atoms with Gasteiger partial charge in [-0.25, -0.2) is 4.79 Å². The van der Waals surface area contributed by atoms with E-state index in [4.69, 9.17) is 14.5 Å². The maximum Gasteiger partial charge on any atom is 0.330 e. The van der Waals surface area contributed by atoms with Gasteiger partial charge in [0.25, 0.3) is 0 Å². The maximum atomic E-state index is 14.1. The van der Waals surface area contributed by atoms with Gasteiger partial charge in [0.1, 0.15) is 29.2 Å². The van der Waals surface area contributed by atoms with E-state index in [1.807, 2.05) is 30.4 Å². The predicted octanol–water partition coefficient (Wildman–Crippen LogP) is 3.95. The number of carbonyl (C=O) groups excluding carboxylic acids is 2. The van der Waals surface area contributed by atoms with Crippen molar-refractivity contribution in [3.63, 3.8) is 0 Å². The fourth-order valence-corrected chi connectivity index (χ4v) is 6.68. The Kier molecular flexibility index (Phi) is 9.15. The molecule has 7 atom stereocenters. The van der Waals surface area contributed by atoms with Crippen molar-refractivity contribution in [3.8, 4) is 0 Å². The number of amides is 2. The van der Waals surface area contributed by atoms with Gasteiger partial charge in [-0.3, -0.25) is 19.4 Å². The lowest BCUT2D eigenvalue weighted by atomic mass is 9.77. The van der Waals surface area contributed by atoms with Crippen molar-refractivity contribution < 1.29 is 38.9 Å². The van der Waals surface area contributed by atoms with E-state index >= 15 is 0 Å². The molecule has 246 valence electrons. The van der Waals surface area contributed by atoms with Crippen molar-refractivity contribution in [3.05, 3.63) is 72.3 Å². The second-order valence-corrected chi connectivity index (χ2v) is 13.7. The van der Waals surface area contributed by atoms with Crippen LogP contribution in [0.4, 0.5) is 0 Å². The minimum absolute atomic E-state index is 0.0285. The van der Waals surface area contributed by atoms with Gasteiger partial charge < -0.3 is 29.9 Å². The first-order chi connectivity index (χ1) is 21.8. The second-order valence-electron chi connectivity index (χ2n) is 13.7. The molecule has 2 amide bonds. The third-order valence-corrected chi connectivity index (χ3v) is 9.49. The third-order valence-electron chi connectivity index (χ3n) is 9.49. The first-order valence-corrected chi connectivity index (χ1v) is 15.7. The molecule has 11 heteroatoms. The summed E-state index contributed by atoms with van der Waals surface area (Å²) in [7, 11) is 1.60. The van der Waals surface area contributed by atoms with Crippen LogP contribution in [0, 0.1) is 23.2 Å². The fourth-order valence-electron chi connectivity index (χ4n) is 6.68. The topological polar surface area (TPSA) is 155 Å². The van der Waals surface area contributed by atoms with E-state index in [0.29, 0.717) is 11.5 Å². The van der Waals surface area contributed by atoms with Crippen molar-refractivity contribution in [2.75, 3.05) is 13.7 Å². The molecule has 4 unspecified atom stereocenters. The molecular formula is C35H43N3O8. The molecule has 5 aliphatic rings. The summed E-state index contributed by atoms with van der Waals surface area (Å²) < 4.78 is 12.1. The SMILES string of the molecule is C=CC1CC1(NC(=O)[C@@H]1C[C@@H](OC2=CC(C3=CCCC=C3)=NC3C=C(OC)C=CC23)CN1C(=O)[C@@H](CC(=O)O)C(C)(C)C)C(=O)O. The summed E-state index contributed by atoms with van der Waals surface area (Å²) >= 11 is 0. The number of rotatable bonds is 11. The molecule has 3 N–H and O–H groups in total. The standard InChI is InChI=1S/C35H43N3O8/c1-6-21-18-35(21,33(43)44)37-31(41)28-15-23(19-38(28)32(42)25(16-30(39)40)34(2,3)4)46-29-17-26(20-10-8-7-9-11-20)36-27-14-22(45-5)12-13-24(27)29/h6,8,10-14,17,21,23-25,27-28H,1,7,9,15-16,18-19H2,2-5H3,(H,37,41)(H,39,40)(H,43,44)/t21?,23-,24?,25-,27?,28+,35?/m1/s1. The molecule has 11 nitrogen and oxygen atoms in total. The molecule has 0 aromatic heterocycles. The molecule has 3 aliphatic carbocycles. The van der Waals surface area contributed by atoms with Gasteiger partial charge in [-0.2, -0.15) is 0 Å². The van der Waals surface area contributed by atoms with Crippen LogP contribution in [0.15, 0.2) is 77.3 Å². The smallest absolute Gasteiger partial charge is 0.330 e. The number of carbonyl (C=O) groups is 4. The van der Waals surface area contributed by atoms with E-state index in [0.717, 1.165) is 24.1 Å². The molecule has 0 aromatic carbocycles. The van der Waals surface area contributed by atoms with E-state index in [9.17, 15) is 29.4 Å². The monoisotopic (exact) mass is 633 g/mol. The average molecular weight is 634 g/mol. The van der Waals surface area contributed by atoms with Crippen LogP contribution in [-0.4, -0.2) is 82.0 Å². The summed E-state index contributed by atoms with van der Waals surface area (Å²) in [5.74, 6) is -3.67. The van der Waals surface area contributed by atoms with Gasteiger partial charge in [0.05, 0.1) is 43.7 Å². The number of likely N-dealkylation sites (tertiary alicyclic amines) is 1. The normalized spacial score (nSPS) is 30.5. The van der Waals surface area contributed by atoms with Crippen LogP contribution in [0.5, 0.6) is 0 Å². The molecule has 0 spiro atoms. The Morgan fingerprint density at radius 1 is 1.22 bits per heavy atom. The van der Waals surface area contributed by atoms with Gasteiger partial charge in [-0.1, -0.05) is 51.2 Å². The zero-order chi connectivity index (χ0) is 33.4. The summed E-state index contributed by atoms with van der Waals surface area (Å²) in [5.41, 5.74) is -0.459. The van der Waals surface area contributed by atoms with Crippen LogP contribution < -0.4 is 5.32 Å². The molecule has 2 aliphatic heterocycles. The molecule has 0 aromatic rings. The zero-order valence-electron chi connectivity index (χ0n) is 26.8. The summed E-state index contributed by atoms with van der Waals surface area (Å²) in [6.07, 6.45) is 16.5. The summed E-state index contributed by atoms with van der Waals surface area (Å²) in [6, 6.07) is -1.34. The number of ether oxygens (including phenoxy) is 2. The number of aliphatic carboxylic acids is 2. The van der Waals surface area contributed by atoms with E-state index in [1.165, 1.54) is 11.0 Å². The first-order valence-electron chi connectivity index (χ1n) is 15.7. The minimum atomic E-state index is -1.49. The number of carboxylic acid groups (broad SMARTS) is 2. The van der Waals surface area contributed by atoms with Crippen LogP contribution in [0.25, 0.3) is 0 Å². The Morgan fingerprint density at radius 3 is 2.57 bits per heavy atom. The highest BCUT2D eigenvalue weighted by Gasteiger charge is 2.61. The van der Waals surface area contributed by atoms with Gasteiger partial charge >= 0.3 is 11.9 Å². The second kappa shape index (κ2) is 12.8. The maximum absolute atomic E-state index is 14.1. The molecule has 0 radical (unpaired) electrons. The Balaban J connectivity index is 1.45. The molecule has 0 bridgehead atoms. The van der Waals surface area contributed by atoms with E-state index in [1.54, 1.807) is 27.9 Å². The number of fused-ring (bicyclic) bond motifs is 1. The molecule has 2 fully saturated rings. The molecule has 2 heterocycles. The minimum Gasteiger partial charge on any atom is -0.497 e. The van der Waals surface area contributed by atoms with Crippen LogP contribution in [0.1, 0.15) is 52.9 Å². The largest absolute Gasteiger partial charge is 0.497 e. The molecule has 46 heavy (non-hydrogen) atoms. The Hall–Kier alpha value is -4.41. The first kappa shape index (κ1) is 33.0. The van der Waals surface area contributed by atoms with E-state index < -0.39 is 65.1 Å². The highest BCUT2D eigenvalue weighted by atomic mass is 16.5. The van der Waals surface area contributed by atoms with Crippen molar-refractivity contribution in [1.82, 2.24) is 10.2 Å². The van der Waals surface area contributed by atoms with Crippen molar-refractivity contribution >= 4 is 29.5 Å². The number of hydrogen-bond acceptors (Lipinski definition) is 7. The molecule has 1 saturated carbocycles. The quantitative estimate of drug-likeness (QED) is 0.289. The average Bonchev–Trinajstić information content (AvgIpc) is 3.58. The highest BCUT2D eigenvalue weighted by Crippen LogP contribution is 2.45. The lowest BCUT2D eigenvalue weighted by molar-refractivity contribution is -0.151. The van der Waals surface area contributed by atoms with Gasteiger partial charge in [0.2, 0.25) is 11.8 Å². The number of nitrogens with one attached hydrogen (secondary N) is 1. The third kappa shape index (κ3) is 6.59. The number of hydrogen-bond donors (Lipinski definition) is 3. The van der Waals surface area contributed by atoms with Crippen LogP contribution in [0.3, 0.4) is 0 Å². The molecule has 5 rings (SSSR count). The number of allylic oxidation sites excluding steroid dienone is 6. The van der Waals surface area contributed by atoms with Gasteiger partial charge in [0.15, 0.2) is 0 Å². The van der Waals surface area contributed by atoms with Gasteiger partial charge in [-0.05, 0) is 42.4 Å². The van der Waals surface area contributed by atoms with Crippen molar-refractivity contribution in [2.24, 2.45) is 28.2 Å². The van der Waals surface area contributed by atoms with E-state index in [2.05, 4.69) is 24.0 Å². The van der Waals surface area contributed by atoms with Crippen LogP contribution in [0.2, 0.25) is 0 Å². The molecule has 1 saturated heterocycles. The highest BCUT2D eigenvalue weighted by molar-refractivity contribution is 6.11. The van der Waals surface area contributed by atoms with Gasteiger partial charge in [0, 0.05) is 18.4 Å². The lowest BCUT2D eigenvalue weighted by Crippen LogP contribution is -2.54. The van der Waals surface area contributed by atoms with Crippen LogP contribution >= 0.6 is 0 Å². The van der Waals surface area contributed by atoms with Gasteiger partial charge in [-0.15, -0.1) is 6.58 Å². The Bertz CT molecular complexity index is 1490.